The minimum atomic E-state index is 0.132. The second kappa shape index (κ2) is 10.6. The summed E-state index contributed by atoms with van der Waals surface area (Å²) in [5.41, 5.74) is 7.49. The number of rotatable bonds is 8. The number of aromatic nitrogens is 5. The van der Waals surface area contributed by atoms with Crippen LogP contribution in [0.15, 0.2) is 125 Å². The SMILES string of the molecule is C/C(=N\OCc1nc2c3c(-c4ccccc4)c(-c4ccccc4)n(Cc4ccco4)c3ncn2n1)c1ccccc1. The molecule has 0 spiro atoms. The van der Waals surface area contributed by atoms with Crippen LogP contribution in [0.4, 0.5) is 0 Å². The van der Waals surface area contributed by atoms with Gasteiger partial charge in [-0.15, -0.1) is 5.10 Å². The molecule has 0 bridgehead atoms. The van der Waals surface area contributed by atoms with Crippen molar-refractivity contribution in [3.8, 4) is 22.4 Å². The van der Waals surface area contributed by atoms with E-state index < -0.39 is 0 Å². The first-order chi connectivity index (χ1) is 20.3. The summed E-state index contributed by atoms with van der Waals surface area (Å²) in [4.78, 5) is 15.5. The minimum Gasteiger partial charge on any atom is -0.467 e. The molecular formula is C33H26N6O2. The van der Waals surface area contributed by atoms with Crippen molar-refractivity contribution in [2.45, 2.75) is 20.1 Å². The van der Waals surface area contributed by atoms with Gasteiger partial charge in [0.25, 0.3) is 0 Å². The van der Waals surface area contributed by atoms with E-state index >= 15 is 0 Å². The molecule has 7 aromatic rings. The van der Waals surface area contributed by atoms with Crippen molar-refractivity contribution in [3.05, 3.63) is 133 Å². The van der Waals surface area contributed by atoms with E-state index in [1.807, 2.05) is 85.8 Å². The van der Waals surface area contributed by atoms with Gasteiger partial charge in [0.2, 0.25) is 0 Å². The Morgan fingerprint density at radius 2 is 1.54 bits per heavy atom. The molecule has 0 atom stereocenters. The molecule has 0 aliphatic rings. The Bertz CT molecular complexity index is 1960. The van der Waals surface area contributed by atoms with E-state index in [9.17, 15) is 0 Å². The van der Waals surface area contributed by atoms with E-state index in [0.29, 0.717) is 18.0 Å². The maximum atomic E-state index is 5.77. The lowest BCUT2D eigenvalue weighted by Crippen LogP contribution is -2.03. The largest absolute Gasteiger partial charge is 0.467 e. The third kappa shape index (κ3) is 4.65. The standard InChI is InChI=1S/C33H26N6O2/c1-23(24-12-5-2-6-13-24)37-41-21-28-35-33-30-29(25-14-7-3-8-15-25)31(26-16-9-4-10-17-26)38(20-27-18-11-19-40-27)32(30)34-22-39(33)36-28/h2-19,22H,20-21H2,1H3/b37-23+. The predicted octanol–water partition coefficient (Wildman–Crippen LogP) is 7.00. The zero-order valence-corrected chi connectivity index (χ0v) is 22.4. The smallest absolute Gasteiger partial charge is 0.192 e. The first-order valence-electron chi connectivity index (χ1n) is 13.4. The Labute approximate surface area is 236 Å². The van der Waals surface area contributed by atoms with Gasteiger partial charge < -0.3 is 13.8 Å². The molecule has 41 heavy (non-hydrogen) atoms. The van der Waals surface area contributed by atoms with Crippen molar-refractivity contribution in [2.75, 3.05) is 0 Å². The molecule has 8 nitrogen and oxygen atoms in total. The summed E-state index contributed by atoms with van der Waals surface area (Å²) in [6, 6.07) is 34.5. The highest BCUT2D eigenvalue weighted by atomic mass is 16.6. The second-order valence-electron chi connectivity index (χ2n) is 9.68. The molecule has 0 saturated heterocycles. The van der Waals surface area contributed by atoms with Crippen LogP contribution in [0.25, 0.3) is 39.1 Å². The van der Waals surface area contributed by atoms with E-state index in [2.05, 4.69) is 39.1 Å². The van der Waals surface area contributed by atoms with Crippen LogP contribution in [0.1, 0.15) is 24.1 Å². The molecule has 4 heterocycles. The lowest BCUT2D eigenvalue weighted by molar-refractivity contribution is 0.125. The summed E-state index contributed by atoms with van der Waals surface area (Å²) < 4.78 is 9.68. The molecule has 0 fully saturated rings. The van der Waals surface area contributed by atoms with Crippen LogP contribution in [0.2, 0.25) is 0 Å². The average Bonchev–Trinajstić information content (AvgIpc) is 3.76. The van der Waals surface area contributed by atoms with Gasteiger partial charge in [-0.3, -0.25) is 0 Å². The van der Waals surface area contributed by atoms with Crippen LogP contribution in [0, 0.1) is 0 Å². The summed E-state index contributed by atoms with van der Waals surface area (Å²) in [6.07, 6.45) is 3.40. The van der Waals surface area contributed by atoms with Gasteiger partial charge in [-0.05, 0) is 35.7 Å². The lowest BCUT2D eigenvalue weighted by Gasteiger charge is -2.11. The summed E-state index contributed by atoms with van der Waals surface area (Å²) in [5, 5.41) is 9.87. The third-order valence-corrected chi connectivity index (χ3v) is 7.01. The predicted molar refractivity (Wildman–Crippen MR) is 158 cm³/mol. The maximum absolute atomic E-state index is 5.77. The van der Waals surface area contributed by atoms with Crippen molar-refractivity contribution in [3.63, 3.8) is 0 Å². The molecule has 0 N–H and O–H groups in total. The molecule has 0 amide bonds. The molecule has 4 aromatic heterocycles. The highest BCUT2D eigenvalue weighted by Crippen LogP contribution is 2.42. The van der Waals surface area contributed by atoms with E-state index in [4.69, 9.17) is 19.2 Å². The van der Waals surface area contributed by atoms with Crippen LogP contribution in [-0.2, 0) is 18.0 Å². The number of oxime groups is 1. The zero-order chi connectivity index (χ0) is 27.6. The molecule has 8 heteroatoms. The summed E-state index contributed by atoms with van der Waals surface area (Å²) >= 11 is 0. The van der Waals surface area contributed by atoms with Crippen molar-refractivity contribution in [1.82, 2.24) is 24.1 Å². The molecule has 0 radical (unpaired) electrons. The summed E-state index contributed by atoms with van der Waals surface area (Å²) in [6.45, 7) is 2.56. The van der Waals surface area contributed by atoms with E-state index in [1.54, 1.807) is 17.1 Å². The highest BCUT2D eigenvalue weighted by Gasteiger charge is 2.25. The average molecular weight is 539 g/mol. The van der Waals surface area contributed by atoms with Crippen molar-refractivity contribution >= 4 is 22.4 Å². The molecule has 0 saturated carbocycles. The summed E-state index contributed by atoms with van der Waals surface area (Å²) in [7, 11) is 0. The van der Waals surface area contributed by atoms with Crippen LogP contribution in [0.5, 0.6) is 0 Å². The van der Waals surface area contributed by atoms with Crippen LogP contribution < -0.4 is 0 Å². The Balaban J connectivity index is 1.40. The van der Waals surface area contributed by atoms with Crippen molar-refractivity contribution in [2.24, 2.45) is 5.16 Å². The lowest BCUT2D eigenvalue weighted by atomic mass is 9.99. The molecule has 200 valence electrons. The first-order valence-corrected chi connectivity index (χ1v) is 13.4. The van der Waals surface area contributed by atoms with E-state index in [0.717, 1.165) is 50.5 Å². The van der Waals surface area contributed by atoms with Gasteiger partial charge in [-0.2, -0.15) is 0 Å². The number of hydrogen-bond acceptors (Lipinski definition) is 6. The Hall–Kier alpha value is -5.50. The van der Waals surface area contributed by atoms with Crippen LogP contribution in [0.3, 0.4) is 0 Å². The molecule has 3 aromatic carbocycles. The van der Waals surface area contributed by atoms with Crippen molar-refractivity contribution in [1.29, 1.82) is 0 Å². The van der Waals surface area contributed by atoms with Crippen LogP contribution in [-0.4, -0.2) is 29.9 Å². The minimum absolute atomic E-state index is 0.132. The third-order valence-electron chi connectivity index (χ3n) is 7.01. The number of fused-ring (bicyclic) bond motifs is 3. The van der Waals surface area contributed by atoms with Gasteiger partial charge in [0.1, 0.15) is 17.7 Å². The second-order valence-corrected chi connectivity index (χ2v) is 9.68. The van der Waals surface area contributed by atoms with Gasteiger partial charge in [-0.1, -0.05) is 96.2 Å². The normalized spacial score (nSPS) is 11.9. The fraction of sp³-hybridized carbons (Fsp3) is 0.0909. The fourth-order valence-corrected chi connectivity index (χ4v) is 5.15. The van der Waals surface area contributed by atoms with Gasteiger partial charge in [0, 0.05) is 5.56 Å². The summed E-state index contributed by atoms with van der Waals surface area (Å²) in [5.74, 6) is 1.35. The van der Waals surface area contributed by atoms with Gasteiger partial charge in [0.15, 0.2) is 18.1 Å². The van der Waals surface area contributed by atoms with Crippen molar-refractivity contribution < 1.29 is 9.25 Å². The molecule has 0 aliphatic heterocycles. The quantitative estimate of drug-likeness (QED) is 0.154. The number of furan rings is 1. The number of benzene rings is 3. The molecular weight excluding hydrogens is 512 g/mol. The Morgan fingerprint density at radius 3 is 2.24 bits per heavy atom. The van der Waals surface area contributed by atoms with E-state index in [1.165, 1.54) is 0 Å². The maximum Gasteiger partial charge on any atom is 0.192 e. The number of nitrogens with zero attached hydrogens (tertiary/aromatic N) is 6. The highest BCUT2D eigenvalue weighted by molar-refractivity contribution is 6.09. The number of hydrogen-bond donors (Lipinski definition) is 0. The molecule has 7 rings (SSSR count). The molecule has 0 aliphatic carbocycles. The Kier molecular flexibility index (Phi) is 6.33. The molecule has 0 unspecified atom stereocenters. The van der Waals surface area contributed by atoms with Gasteiger partial charge in [0.05, 0.1) is 29.6 Å². The monoisotopic (exact) mass is 538 g/mol. The van der Waals surface area contributed by atoms with Gasteiger partial charge >= 0.3 is 0 Å². The first kappa shape index (κ1) is 24.5. The van der Waals surface area contributed by atoms with Gasteiger partial charge in [-0.25, -0.2) is 14.5 Å². The Morgan fingerprint density at radius 1 is 0.829 bits per heavy atom. The fourth-order valence-electron chi connectivity index (χ4n) is 5.15. The topological polar surface area (TPSA) is 82.7 Å². The van der Waals surface area contributed by atoms with Crippen LogP contribution >= 0.6 is 0 Å². The van der Waals surface area contributed by atoms with E-state index in [-0.39, 0.29) is 6.61 Å². The zero-order valence-electron chi connectivity index (χ0n) is 22.4.